The first kappa shape index (κ1) is 26.7. The number of benzene rings is 1. The predicted octanol–water partition coefficient (Wildman–Crippen LogP) is 4.10. The molecule has 0 radical (unpaired) electrons. The standard InChI is InChI=1S/C31H34N6O4/c1-17-26(18(2)41-35-17)20-10-11-24(32-14-20)29(39)36-15-22-13-21(36)16-37(22)30(40)27(31(3,4)5)34-28(38)25-12-19-8-6-7-9-23(19)33-25/h6-12,14,21-22,27,33H,13,15-16H2,1-5H3,(H,34,38). The predicted molar refractivity (Wildman–Crippen MR) is 153 cm³/mol. The highest BCUT2D eigenvalue weighted by Gasteiger charge is 2.50. The lowest BCUT2D eigenvalue weighted by Gasteiger charge is -2.39. The van der Waals surface area contributed by atoms with Crippen LogP contribution in [0.1, 0.15) is 59.6 Å². The highest BCUT2D eigenvalue weighted by Crippen LogP contribution is 2.34. The molecule has 0 spiro atoms. The summed E-state index contributed by atoms with van der Waals surface area (Å²) >= 11 is 0. The minimum atomic E-state index is -0.719. The summed E-state index contributed by atoms with van der Waals surface area (Å²) in [5.41, 5.74) is 3.64. The number of pyridine rings is 1. The summed E-state index contributed by atoms with van der Waals surface area (Å²) in [6.07, 6.45) is 2.38. The number of carbonyl (C=O) groups is 3. The third kappa shape index (κ3) is 4.77. The quantitative estimate of drug-likeness (QED) is 0.383. The number of hydrogen-bond acceptors (Lipinski definition) is 6. The maximum Gasteiger partial charge on any atom is 0.272 e. The summed E-state index contributed by atoms with van der Waals surface area (Å²) in [7, 11) is 0. The maximum atomic E-state index is 13.8. The van der Waals surface area contributed by atoms with Crippen LogP contribution in [0.3, 0.4) is 0 Å². The van der Waals surface area contributed by atoms with Crippen LogP contribution in [0.4, 0.5) is 0 Å². The van der Waals surface area contributed by atoms with Crippen LogP contribution in [0.25, 0.3) is 22.0 Å². The molecule has 2 fully saturated rings. The van der Waals surface area contributed by atoms with Crippen molar-refractivity contribution >= 4 is 28.6 Å². The fraction of sp³-hybridized carbons (Fsp3) is 0.387. The Hall–Kier alpha value is -4.47. The molecule has 6 rings (SSSR count). The van der Waals surface area contributed by atoms with E-state index in [1.54, 1.807) is 18.3 Å². The fourth-order valence-electron chi connectivity index (χ4n) is 6.12. The molecule has 2 saturated heterocycles. The first-order valence-corrected chi connectivity index (χ1v) is 13.9. The van der Waals surface area contributed by atoms with Crippen LogP contribution in [-0.2, 0) is 4.79 Å². The molecule has 2 N–H and O–H groups in total. The molecule has 2 aliphatic rings. The van der Waals surface area contributed by atoms with Gasteiger partial charge in [0.15, 0.2) is 0 Å². The van der Waals surface area contributed by atoms with Crippen LogP contribution in [0.15, 0.2) is 53.2 Å². The summed E-state index contributed by atoms with van der Waals surface area (Å²) in [5, 5.41) is 7.92. The van der Waals surface area contributed by atoms with Crippen molar-refractivity contribution in [3.8, 4) is 11.1 Å². The number of piperazine rings is 1. The van der Waals surface area contributed by atoms with Crippen molar-refractivity contribution in [1.29, 1.82) is 0 Å². The molecule has 5 heterocycles. The molecule has 3 atom stereocenters. The van der Waals surface area contributed by atoms with E-state index in [9.17, 15) is 14.4 Å². The van der Waals surface area contributed by atoms with Gasteiger partial charge in [-0.1, -0.05) is 50.2 Å². The molecule has 1 aromatic carbocycles. The SMILES string of the molecule is Cc1noc(C)c1-c1ccc(C(=O)N2CC3CC2CN3C(=O)C(NC(=O)c2cc3ccccc3[nH]2)C(C)(C)C)nc1. The van der Waals surface area contributed by atoms with Gasteiger partial charge in [-0.15, -0.1) is 0 Å². The van der Waals surface area contributed by atoms with Gasteiger partial charge in [-0.2, -0.15) is 0 Å². The lowest BCUT2D eigenvalue weighted by atomic mass is 9.85. The third-order valence-electron chi connectivity index (χ3n) is 8.25. The zero-order valence-electron chi connectivity index (χ0n) is 23.9. The van der Waals surface area contributed by atoms with Crippen LogP contribution >= 0.6 is 0 Å². The number of carbonyl (C=O) groups excluding carboxylic acids is 3. The average molecular weight is 555 g/mol. The van der Waals surface area contributed by atoms with Crippen molar-refractivity contribution in [2.75, 3.05) is 13.1 Å². The van der Waals surface area contributed by atoms with Gasteiger partial charge in [0.25, 0.3) is 11.8 Å². The molecule has 4 aromatic rings. The molecule has 3 unspecified atom stereocenters. The summed E-state index contributed by atoms with van der Waals surface area (Å²) in [5.74, 6) is 0.121. The Bertz CT molecular complexity index is 1590. The number of fused-ring (bicyclic) bond motifs is 3. The minimum Gasteiger partial charge on any atom is -0.361 e. The van der Waals surface area contributed by atoms with E-state index in [0.717, 1.165) is 27.7 Å². The number of H-pyrrole nitrogens is 1. The Kier molecular flexibility index (Phi) is 6.43. The van der Waals surface area contributed by atoms with E-state index < -0.39 is 11.5 Å². The van der Waals surface area contributed by atoms with Crippen molar-refractivity contribution in [1.82, 2.24) is 30.2 Å². The van der Waals surface area contributed by atoms with Gasteiger partial charge in [0, 0.05) is 41.3 Å². The molecule has 212 valence electrons. The van der Waals surface area contributed by atoms with Crippen molar-refractivity contribution in [2.45, 2.75) is 59.2 Å². The third-order valence-corrected chi connectivity index (χ3v) is 8.25. The molecule has 0 saturated carbocycles. The number of nitrogens with zero attached hydrogens (tertiary/aromatic N) is 4. The second kappa shape index (κ2) is 9.87. The lowest BCUT2D eigenvalue weighted by molar-refractivity contribution is -0.138. The molecule has 0 aliphatic carbocycles. The van der Waals surface area contributed by atoms with Crippen molar-refractivity contribution in [3.63, 3.8) is 0 Å². The summed E-state index contributed by atoms with van der Waals surface area (Å²) < 4.78 is 5.26. The molecule has 2 aliphatic heterocycles. The zero-order chi connectivity index (χ0) is 29.1. The molecule has 3 amide bonds. The number of aromatic nitrogens is 3. The van der Waals surface area contributed by atoms with E-state index in [2.05, 4.69) is 20.4 Å². The molecule has 10 nitrogen and oxygen atoms in total. The van der Waals surface area contributed by atoms with Gasteiger partial charge in [-0.3, -0.25) is 19.4 Å². The molecule has 3 aromatic heterocycles. The first-order chi connectivity index (χ1) is 19.5. The number of aryl methyl sites for hydroxylation is 2. The zero-order valence-corrected chi connectivity index (χ0v) is 23.9. The number of rotatable bonds is 5. The lowest BCUT2D eigenvalue weighted by Crippen LogP contribution is -2.59. The topological polar surface area (TPSA) is 124 Å². The van der Waals surface area contributed by atoms with Crippen LogP contribution in [-0.4, -0.2) is 73.9 Å². The van der Waals surface area contributed by atoms with Gasteiger partial charge in [0.05, 0.1) is 17.8 Å². The minimum absolute atomic E-state index is 0.0921. The first-order valence-electron chi connectivity index (χ1n) is 13.9. The van der Waals surface area contributed by atoms with Crippen molar-refractivity contribution in [3.05, 3.63) is 71.5 Å². The summed E-state index contributed by atoms with van der Waals surface area (Å²) in [6, 6.07) is 12.1. The van der Waals surface area contributed by atoms with Gasteiger partial charge in [-0.05, 0) is 43.9 Å². The van der Waals surface area contributed by atoms with E-state index in [4.69, 9.17) is 4.52 Å². The number of hydrogen-bond donors (Lipinski definition) is 2. The van der Waals surface area contributed by atoms with E-state index >= 15 is 0 Å². The van der Waals surface area contributed by atoms with Gasteiger partial charge in [0.2, 0.25) is 5.91 Å². The second-order valence-corrected chi connectivity index (χ2v) is 12.2. The average Bonchev–Trinajstić information content (AvgIpc) is 3.73. The molecular formula is C31H34N6O4. The normalized spacial score (nSPS) is 19.1. The Balaban J connectivity index is 1.13. The molecule has 10 heteroatoms. The van der Waals surface area contributed by atoms with E-state index in [1.807, 2.05) is 74.8 Å². The van der Waals surface area contributed by atoms with Crippen LogP contribution in [0.2, 0.25) is 0 Å². The van der Waals surface area contributed by atoms with Gasteiger partial charge >= 0.3 is 0 Å². The van der Waals surface area contributed by atoms with Crippen LogP contribution in [0.5, 0.6) is 0 Å². The monoisotopic (exact) mass is 554 g/mol. The summed E-state index contributed by atoms with van der Waals surface area (Å²) in [4.78, 5) is 51.7. The number of para-hydroxylation sites is 1. The fourth-order valence-corrected chi connectivity index (χ4v) is 6.12. The second-order valence-electron chi connectivity index (χ2n) is 12.2. The van der Waals surface area contributed by atoms with Crippen LogP contribution < -0.4 is 5.32 Å². The number of likely N-dealkylation sites (tertiary alicyclic amines) is 2. The Morgan fingerprint density at radius 1 is 1.05 bits per heavy atom. The van der Waals surface area contributed by atoms with Crippen LogP contribution in [0, 0.1) is 19.3 Å². The Morgan fingerprint density at radius 2 is 1.78 bits per heavy atom. The van der Waals surface area contributed by atoms with Crippen molar-refractivity contribution < 1.29 is 18.9 Å². The number of aromatic amines is 1. The maximum absolute atomic E-state index is 13.8. The summed E-state index contributed by atoms with van der Waals surface area (Å²) in [6.45, 7) is 10.4. The Morgan fingerprint density at radius 3 is 2.39 bits per heavy atom. The van der Waals surface area contributed by atoms with Gasteiger partial charge in [0.1, 0.15) is 23.2 Å². The molecular weight excluding hydrogens is 520 g/mol. The number of nitrogens with one attached hydrogen (secondary N) is 2. The number of amides is 3. The van der Waals surface area contributed by atoms with Crippen molar-refractivity contribution in [2.24, 2.45) is 5.41 Å². The van der Waals surface area contributed by atoms with E-state index in [-0.39, 0.29) is 29.8 Å². The van der Waals surface area contributed by atoms with E-state index in [1.165, 1.54) is 0 Å². The highest BCUT2D eigenvalue weighted by molar-refractivity contribution is 6.00. The smallest absolute Gasteiger partial charge is 0.272 e. The van der Waals surface area contributed by atoms with Gasteiger partial charge in [-0.25, -0.2) is 0 Å². The largest absolute Gasteiger partial charge is 0.361 e. The molecule has 2 bridgehead atoms. The van der Waals surface area contributed by atoms with E-state index in [0.29, 0.717) is 36.7 Å². The van der Waals surface area contributed by atoms with Gasteiger partial charge < -0.3 is 24.6 Å². The Labute approximate surface area is 238 Å². The highest BCUT2D eigenvalue weighted by atomic mass is 16.5. The molecule has 41 heavy (non-hydrogen) atoms.